The molecular formula is C13H13N3O4S. The molecule has 110 valence electrons. The lowest BCUT2D eigenvalue weighted by molar-refractivity contribution is -0.146. The van der Waals surface area contributed by atoms with E-state index in [0.717, 1.165) is 0 Å². The Hall–Kier alpha value is -2.22. The number of carboxylic acid groups (broad SMARTS) is 1. The van der Waals surface area contributed by atoms with Crippen molar-refractivity contribution in [1.29, 1.82) is 0 Å². The van der Waals surface area contributed by atoms with E-state index in [4.69, 9.17) is 5.11 Å². The number of rotatable bonds is 4. The molecule has 1 fully saturated rings. The van der Waals surface area contributed by atoms with Crippen LogP contribution in [0.3, 0.4) is 0 Å². The van der Waals surface area contributed by atoms with E-state index < -0.39 is 5.97 Å². The van der Waals surface area contributed by atoms with E-state index in [1.807, 2.05) is 0 Å². The fourth-order valence-corrected chi connectivity index (χ4v) is 3.09. The summed E-state index contributed by atoms with van der Waals surface area (Å²) in [6.45, 7) is -0.105. The summed E-state index contributed by atoms with van der Waals surface area (Å²) in [5.41, 5.74) is -0.242. The van der Waals surface area contributed by atoms with E-state index in [1.165, 1.54) is 22.2 Å². The highest BCUT2D eigenvalue weighted by Crippen LogP contribution is 2.27. The van der Waals surface area contributed by atoms with E-state index >= 15 is 0 Å². The van der Waals surface area contributed by atoms with Crippen molar-refractivity contribution in [3.8, 4) is 0 Å². The van der Waals surface area contributed by atoms with Gasteiger partial charge in [0.2, 0.25) is 5.91 Å². The van der Waals surface area contributed by atoms with Crippen LogP contribution < -0.4 is 10.9 Å². The van der Waals surface area contributed by atoms with Gasteiger partial charge in [-0.2, -0.15) is 0 Å². The Labute approximate surface area is 123 Å². The third-order valence-corrected chi connectivity index (χ3v) is 4.44. The SMILES string of the molecule is O=C(Cn1cnc2sccc2c1=O)NC1CC(C(=O)O)C1. The van der Waals surface area contributed by atoms with Crippen LogP contribution in [0.4, 0.5) is 0 Å². The molecule has 1 aliphatic carbocycles. The number of hydrogen-bond acceptors (Lipinski definition) is 5. The highest BCUT2D eigenvalue weighted by molar-refractivity contribution is 7.16. The molecule has 2 aromatic rings. The fraction of sp³-hybridized carbons (Fsp3) is 0.385. The van der Waals surface area contributed by atoms with Crippen LogP contribution in [0.5, 0.6) is 0 Å². The molecule has 3 rings (SSSR count). The standard InChI is InChI=1S/C13H13N3O4S/c17-10(15-8-3-7(4-8)13(19)20)5-16-6-14-11-9(12(16)18)1-2-21-11/h1-2,6-8H,3-5H2,(H,15,17)(H,19,20). The number of nitrogens with zero attached hydrogens (tertiary/aromatic N) is 2. The van der Waals surface area contributed by atoms with Gasteiger partial charge >= 0.3 is 5.97 Å². The molecule has 0 aromatic carbocycles. The van der Waals surface area contributed by atoms with Gasteiger partial charge in [0.25, 0.3) is 5.56 Å². The van der Waals surface area contributed by atoms with E-state index in [9.17, 15) is 14.4 Å². The maximum absolute atomic E-state index is 12.1. The minimum Gasteiger partial charge on any atom is -0.481 e. The Morgan fingerprint density at radius 3 is 2.95 bits per heavy atom. The molecule has 0 radical (unpaired) electrons. The third-order valence-electron chi connectivity index (χ3n) is 3.62. The predicted molar refractivity (Wildman–Crippen MR) is 76.2 cm³/mol. The van der Waals surface area contributed by atoms with Crippen LogP contribution in [0, 0.1) is 5.92 Å². The summed E-state index contributed by atoms with van der Waals surface area (Å²) in [6, 6.07) is 1.57. The minimum absolute atomic E-state index is 0.105. The zero-order valence-corrected chi connectivity index (χ0v) is 11.8. The number of aliphatic carboxylic acids is 1. The van der Waals surface area contributed by atoms with Crippen LogP contribution in [0.2, 0.25) is 0 Å². The van der Waals surface area contributed by atoms with Gasteiger partial charge in [-0.3, -0.25) is 19.0 Å². The van der Waals surface area contributed by atoms with Crippen molar-refractivity contribution >= 4 is 33.4 Å². The summed E-state index contributed by atoms with van der Waals surface area (Å²) in [6.07, 6.45) is 2.25. The summed E-state index contributed by atoms with van der Waals surface area (Å²) < 4.78 is 1.26. The summed E-state index contributed by atoms with van der Waals surface area (Å²) in [5.74, 6) is -1.51. The quantitative estimate of drug-likeness (QED) is 0.853. The number of amides is 1. The normalized spacial score (nSPS) is 21.0. The second-order valence-electron chi connectivity index (χ2n) is 5.09. The molecular weight excluding hydrogens is 294 g/mol. The number of aromatic nitrogens is 2. The summed E-state index contributed by atoms with van der Waals surface area (Å²) >= 11 is 1.37. The second-order valence-corrected chi connectivity index (χ2v) is 5.98. The van der Waals surface area contributed by atoms with Crippen molar-refractivity contribution in [1.82, 2.24) is 14.9 Å². The van der Waals surface area contributed by atoms with Crippen LogP contribution in [-0.2, 0) is 16.1 Å². The largest absolute Gasteiger partial charge is 0.481 e. The highest BCUT2D eigenvalue weighted by atomic mass is 32.1. The van der Waals surface area contributed by atoms with E-state index in [-0.39, 0.29) is 30.0 Å². The number of hydrogen-bond donors (Lipinski definition) is 2. The average Bonchev–Trinajstić information content (AvgIpc) is 2.85. The Morgan fingerprint density at radius 1 is 1.48 bits per heavy atom. The molecule has 0 unspecified atom stereocenters. The van der Waals surface area contributed by atoms with Gasteiger partial charge in [0.1, 0.15) is 11.4 Å². The van der Waals surface area contributed by atoms with Crippen molar-refractivity contribution in [2.24, 2.45) is 5.92 Å². The van der Waals surface area contributed by atoms with Crippen LogP contribution in [-0.4, -0.2) is 32.6 Å². The van der Waals surface area contributed by atoms with Crippen molar-refractivity contribution in [3.05, 3.63) is 28.1 Å². The number of fused-ring (bicyclic) bond motifs is 1. The Morgan fingerprint density at radius 2 is 2.24 bits per heavy atom. The maximum atomic E-state index is 12.1. The Balaban J connectivity index is 1.63. The zero-order chi connectivity index (χ0) is 15.0. The molecule has 1 saturated carbocycles. The van der Waals surface area contributed by atoms with Gasteiger partial charge in [0.05, 0.1) is 17.6 Å². The minimum atomic E-state index is -0.830. The molecule has 2 N–H and O–H groups in total. The van der Waals surface area contributed by atoms with Crippen molar-refractivity contribution < 1.29 is 14.7 Å². The van der Waals surface area contributed by atoms with E-state index in [1.54, 1.807) is 11.4 Å². The van der Waals surface area contributed by atoms with Crippen molar-refractivity contribution in [2.75, 3.05) is 0 Å². The number of thiophene rings is 1. The monoisotopic (exact) mass is 307 g/mol. The molecule has 21 heavy (non-hydrogen) atoms. The zero-order valence-electron chi connectivity index (χ0n) is 11.0. The van der Waals surface area contributed by atoms with Crippen molar-refractivity contribution in [2.45, 2.75) is 25.4 Å². The smallest absolute Gasteiger partial charge is 0.306 e. The second kappa shape index (κ2) is 5.28. The first-order valence-corrected chi connectivity index (χ1v) is 7.37. The fourth-order valence-electron chi connectivity index (χ4n) is 2.37. The van der Waals surface area contributed by atoms with Crippen LogP contribution >= 0.6 is 11.3 Å². The van der Waals surface area contributed by atoms with Crippen LogP contribution in [0.1, 0.15) is 12.8 Å². The molecule has 2 heterocycles. The molecule has 0 atom stereocenters. The molecule has 0 aliphatic heterocycles. The third kappa shape index (κ3) is 2.66. The predicted octanol–water partition coefficient (Wildman–Crippen LogP) is 0.437. The number of carbonyl (C=O) groups excluding carboxylic acids is 1. The number of carbonyl (C=O) groups is 2. The molecule has 8 heteroatoms. The van der Waals surface area contributed by atoms with Crippen molar-refractivity contribution in [3.63, 3.8) is 0 Å². The first-order chi connectivity index (χ1) is 10.0. The average molecular weight is 307 g/mol. The summed E-state index contributed by atoms with van der Waals surface area (Å²) in [4.78, 5) is 39.4. The molecule has 7 nitrogen and oxygen atoms in total. The van der Waals surface area contributed by atoms with Gasteiger partial charge in [-0.05, 0) is 24.3 Å². The first-order valence-electron chi connectivity index (χ1n) is 6.49. The molecule has 2 aromatic heterocycles. The van der Waals surface area contributed by atoms with Gasteiger partial charge < -0.3 is 10.4 Å². The molecule has 0 saturated heterocycles. The molecule has 0 bridgehead atoms. The van der Waals surface area contributed by atoms with Gasteiger partial charge in [-0.1, -0.05) is 0 Å². The molecule has 0 spiro atoms. The number of nitrogens with one attached hydrogen (secondary N) is 1. The first kappa shape index (κ1) is 13.7. The lowest BCUT2D eigenvalue weighted by Gasteiger charge is -2.32. The van der Waals surface area contributed by atoms with Gasteiger partial charge in [0, 0.05) is 6.04 Å². The van der Waals surface area contributed by atoms with Gasteiger partial charge in [-0.15, -0.1) is 11.3 Å². The van der Waals surface area contributed by atoms with E-state index in [0.29, 0.717) is 23.1 Å². The Kier molecular flexibility index (Phi) is 3.46. The highest BCUT2D eigenvalue weighted by Gasteiger charge is 2.35. The Bertz CT molecular complexity index is 760. The lowest BCUT2D eigenvalue weighted by Crippen LogP contribution is -2.48. The van der Waals surface area contributed by atoms with Crippen LogP contribution in [0.25, 0.3) is 10.2 Å². The van der Waals surface area contributed by atoms with Gasteiger partial charge in [0.15, 0.2) is 0 Å². The molecule has 1 amide bonds. The lowest BCUT2D eigenvalue weighted by atomic mass is 9.80. The number of carboxylic acids is 1. The van der Waals surface area contributed by atoms with E-state index in [2.05, 4.69) is 10.3 Å². The molecule has 1 aliphatic rings. The maximum Gasteiger partial charge on any atom is 0.306 e. The van der Waals surface area contributed by atoms with Gasteiger partial charge in [-0.25, -0.2) is 4.98 Å². The summed E-state index contributed by atoms with van der Waals surface area (Å²) in [7, 11) is 0. The van der Waals surface area contributed by atoms with Crippen LogP contribution in [0.15, 0.2) is 22.6 Å². The topological polar surface area (TPSA) is 101 Å². The summed E-state index contributed by atoms with van der Waals surface area (Å²) in [5, 5.41) is 13.8.